The van der Waals surface area contributed by atoms with Crippen molar-refractivity contribution in [1.29, 1.82) is 0 Å². The Morgan fingerprint density at radius 3 is 2.40 bits per heavy atom. The summed E-state index contributed by atoms with van der Waals surface area (Å²) in [6.07, 6.45) is 2.59. The number of nitrogens with zero attached hydrogens (tertiary/aromatic N) is 1. The van der Waals surface area contributed by atoms with E-state index in [1.807, 2.05) is 6.92 Å². The second kappa shape index (κ2) is 9.45. The van der Waals surface area contributed by atoms with Crippen molar-refractivity contribution < 1.29 is 17.6 Å². The molecule has 0 saturated carbocycles. The first-order valence-electron chi connectivity index (χ1n) is 9.90. The third-order valence-electron chi connectivity index (χ3n) is 5.53. The summed E-state index contributed by atoms with van der Waals surface area (Å²) in [6.45, 7) is 3.82. The molecule has 1 N–H and O–H groups in total. The van der Waals surface area contributed by atoms with E-state index in [9.17, 15) is 17.6 Å². The molecule has 0 aliphatic carbocycles. The van der Waals surface area contributed by atoms with E-state index in [1.54, 1.807) is 36.4 Å². The lowest BCUT2D eigenvalue weighted by Crippen LogP contribution is -2.41. The minimum absolute atomic E-state index is 0.00740. The zero-order chi connectivity index (χ0) is 21.9. The van der Waals surface area contributed by atoms with Gasteiger partial charge in [0.15, 0.2) is 9.84 Å². The van der Waals surface area contributed by atoms with Gasteiger partial charge >= 0.3 is 0 Å². The maximum atomic E-state index is 14.0. The Labute approximate surface area is 182 Å². The quantitative estimate of drug-likeness (QED) is 0.720. The van der Waals surface area contributed by atoms with Gasteiger partial charge in [-0.15, -0.1) is 0 Å². The highest BCUT2D eigenvalue weighted by Gasteiger charge is 2.26. The van der Waals surface area contributed by atoms with Gasteiger partial charge in [-0.25, -0.2) is 12.8 Å². The molecule has 1 aliphatic rings. The van der Waals surface area contributed by atoms with Crippen LogP contribution in [0.4, 0.5) is 4.39 Å². The first-order valence-corrected chi connectivity index (χ1v) is 12.2. The Hall–Kier alpha value is -1.96. The van der Waals surface area contributed by atoms with E-state index in [0.29, 0.717) is 30.0 Å². The summed E-state index contributed by atoms with van der Waals surface area (Å²) in [5, 5.41) is 3.40. The molecule has 0 radical (unpaired) electrons. The second-order valence-electron chi connectivity index (χ2n) is 7.86. The van der Waals surface area contributed by atoms with Crippen molar-refractivity contribution in [2.45, 2.75) is 37.2 Å². The summed E-state index contributed by atoms with van der Waals surface area (Å²) >= 11 is 5.80. The molecule has 1 atom stereocenters. The van der Waals surface area contributed by atoms with Crippen LogP contribution in [0.2, 0.25) is 5.02 Å². The van der Waals surface area contributed by atoms with E-state index in [0.717, 1.165) is 18.7 Å². The summed E-state index contributed by atoms with van der Waals surface area (Å²) in [4.78, 5) is 15.1. The van der Waals surface area contributed by atoms with Crippen LogP contribution >= 0.6 is 11.6 Å². The van der Waals surface area contributed by atoms with Crippen LogP contribution in [0.3, 0.4) is 0 Å². The first kappa shape index (κ1) is 22.7. The topological polar surface area (TPSA) is 66.5 Å². The first-order chi connectivity index (χ1) is 14.1. The Balaban J connectivity index is 1.51. The third-order valence-corrected chi connectivity index (χ3v) is 6.90. The van der Waals surface area contributed by atoms with E-state index in [1.165, 1.54) is 12.3 Å². The smallest absolute Gasteiger partial charge is 0.223 e. The fourth-order valence-electron chi connectivity index (χ4n) is 3.66. The third kappa shape index (κ3) is 5.80. The highest BCUT2D eigenvalue weighted by Crippen LogP contribution is 2.23. The molecule has 1 aliphatic heterocycles. The Bertz CT molecular complexity index is 1000. The normalized spacial score (nSPS) is 16.9. The van der Waals surface area contributed by atoms with Crippen LogP contribution in [0.25, 0.3) is 0 Å². The maximum Gasteiger partial charge on any atom is 0.223 e. The predicted octanol–water partition coefficient (Wildman–Crippen LogP) is 3.97. The number of piperidine rings is 1. The van der Waals surface area contributed by atoms with Crippen LogP contribution in [-0.4, -0.2) is 38.6 Å². The van der Waals surface area contributed by atoms with Crippen LogP contribution in [0, 0.1) is 11.7 Å². The van der Waals surface area contributed by atoms with E-state index >= 15 is 0 Å². The predicted molar refractivity (Wildman–Crippen MR) is 116 cm³/mol. The average molecular weight is 453 g/mol. The van der Waals surface area contributed by atoms with Crippen molar-refractivity contribution in [2.24, 2.45) is 5.92 Å². The van der Waals surface area contributed by atoms with Crippen molar-refractivity contribution in [3.63, 3.8) is 0 Å². The molecule has 1 heterocycles. The van der Waals surface area contributed by atoms with Gasteiger partial charge in [0.25, 0.3) is 0 Å². The number of likely N-dealkylation sites (tertiary alicyclic amines) is 1. The molecule has 8 heteroatoms. The number of hydrogen-bond acceptors (Lipinski definition) is 4. The number of sulfone groups is 1. The molecular weight excluding hydrogens is 427 g/mol. The Morgan fingerprint density at radius 1 is 1.20 bits per heavy atom. The number of benzene rings is 2. The largest absolute Gasteiger partial charge is 0.349 e. The van der Waals surface area contributed by atoms with Crippen molar-refractivity contribution >= 4 is 27.3 Å². The molecule has 1 fully saturated rings. The maximum absolute atomic E-state index is 14.0. The molecule has 1 unspecified atom stereocenters. The molecule has 30 heavy (non-hydrogen) atoms. The molecule has 0 bridgehead atoms. The highest BCUT2D eigenvalue weighted by molar-refractivity contribution is 7.90. The van der Waals surface area contributed by atoms with Crippen LogP contribution in [0.15, 0.2) is 47.4 Å². The van der Waals surface area contributed by atoms with Crippen molar-refractivity contribution in [3.8, 4) is 0 Å². The van der Waals surface area contributed by atoms with Gasteiger partial charge in [-0.1, -0.05) is 29.8 Å². The summed E-state index contributed by atoms with van der Waals surface area (Å²) in [5.74, 6) is -0.404. The average Bonchev–Trinajstić information content (AvgIpc) is 2.70. The monoisotopic (exact) mass is 452 g/mol. The second-order valence-corrected chi connectivity index (χ2v) is 10.3. The lowest BCUT2D eigenvalue weighted by molar-refractivity contribution is -0.127. The van der Waals surface area contributed by atoms with E-state index in [4.69, 9.17) is 11.6 Å². The number of rotatable bonds is 6. The molecule has 0 aromatic heterocycles. The molecule has 1 amide bonds. The lowest BCUT2D eigenvalue weighted by atomic mass is 9.95. The standard InChI is InChI=1S/C22H26ClFN2O3S/c1-15(16-4-7-20(8-5-16)30(2,28)29)25-22(27)17-9-11-26(12-10-17)14-18-3-6-19(23)13-21(18)24/h3-8,13,15,17H,9-12,14H2,1-2H3,(H,25,27). The highest BCUT2D eigenvalue weighted by atomic mass is 35.5. The van der Waals surface area contributed by atoms with E-state index < -0.39 is 9.84 Å². The molecule has 3 rings (SSSR count). The number of carbonyl (C=O) groups excluding carboxylic acids is 1. The molecule has 2 aromatic carbocycles. The van der Waals surface area contributed by atoms with Gasteiger partial charge in [-0.05, 0) is 62.7 Å². The van der Waals surface area contributed by atoms with Crippen molar-refractivity contribution in [1.82, 2.24) is 10.2 Å². The molecule has 162 valence electrons. The van der Waals surface area contributed by atoms with E-state index in [-0.39, 0.29) is 28.6 Å². The Morgan fingerprint density at radius 2 is 1.83 bits per heavy atom. The molecule has 5 nitrogen and oxygen atoms in total. The van der Waals surface area contributed by atoms with Gasteiger partial charge in [0, 0.05) is 29.3 Å². The van der Waals surface area contributed by atoms with Crippen LogP contribution in [0.5, 0.6) is 0 Å². The number of hydrogen-bond donors (Lipinski definition) is 1. The molecule has 0 spiro atoms. The van der Waals surface area contributed by atoms with E-state index in [2.05, 4.69) is 10.2 Å². The zero-order valence-corrected chi connectivity index (χ0v) is 18.6. The van der Waals surface area contributed by atoms with Crippen molar-refractivity contribution in [2.75, 3.05) is 19.3 Å². The molecule has 1 saturated heterocycles. The summed E-state index contributed by atoms with van der Waals surface area (Å²) in [7, 11) is -3.24. The minimum atomic E-state index is -3.24. The Kier molecular flexibility index (Phi) is 7.16. The summed E-state index contributed by atoms with van der Waals surface area (Å²) in [5.41, 5.74) is 1.46. The SMILES string of the molecule is CC(NC(=O)C1CCN(Cc2ccc(Cl)cc2F)CC1)c1ccc(S(C)(=O)=O)cc1. The van der Waals surface area contributed by atoms with Crippen LogP contribution in [-0.2, 0) is 21.2 Å². The number of nitrogens with one attached hydrogen (secondary N) is 1. The number of amides is 1. The van der Waals surface area contributed by atoms with Gasteiger partial charge in [-0.2, -0.15) is 0 Å². The van der Waals surface area contributed by atoms with Gasteiger partial charge in [0.05, 0.1) is 10.9 Å². The molecule has 2 aromatic rings. The lowest BCUT2D eigenvalue weighted by Gasteiger charge is -2.32. The minimum Gasteiger partial charge on any atom is -0.349 e. The fraction of sp³-hybridized carbons (Fsp3) is 0.409. The van der Waals surface area contributed by atoms with Crippen molar-refractivity contribution in [3.05, 3.63) is 64.4 Å². The number of carbonyl (C=O) groups is 1. The molecular formula is C22H26ClFN2O3S. The van der Waals surface area contributed by atoms with Gasteiger partial charge in [0.2, 0.25) is 5.91 Å². The van der Waals surface area contributed by atoms with Gasteiger partial charge < -0.3 is 5.32 Å². The number of halogens is 2. The summed E-state index contributed by atoms with van der Waals surface area (Å²) < 4.78 is 37.1. The zero-order valence-electron chi connectivity index (χ0n) is 17.1. The van der Waals surface area contributed by atoms with Gasteiger partial charge in [0.1, 0.15) is 5.82 Å². The van der Waals surface area contributed by atoms with Gasteiger partial charge in [-0.3, -0.25) is 9.69 Å². The van der Waals surface area contributed by atoms with Crippen LogP contribution in [0.1, 0.15) is 36.9 Å². The van der Waals surface area contributed by atoms with Crippen LogP contribution < -0.4 is 5.32 Å². The fourth-order valence-corrected chi connectivity index (χ4v) is 4.45. The summed E-state index contributed by atoms with van der Waals surface area (Å²) in [6, 6.07) is 11.1.